The smallest absolute Gasteiger partial charge is 0.416 e. The Labute approximate surface area is 277 Å². The van der Waals surface area contributed by atoms with Crippen molar-refractivity contribution >= 4 is 12.0 Å². The van der Waals surface area contributed by atoms with E-state index in [0.29, 0.717) is 69.8 Å². The molecule has 0 N–H and O–H groups in total. The van der Waals surface area contributed by atoms with Crippen LogP contribution in [0.4, 0.5) is 31.1 Å². The van der Waals surface area contributed by atoms with E-state index in [4.69, 9.17) is 4.74 Å². The summed E-state index contributed by atoms with van der Waals surface area (Å²) in [6, 6.07) is 10.1. The number of alkyl halides is 6. The monoisotopic (exact) mass is 679 g/mol. The van der Waals surface area contributed by atoms with Crippen LogP contribution in [0.15, 0.2) is 48.5 Å². The molecule has 3 saturated heterocycles. The van der Waals surface area contributed by atoms with Crippen molar-refractivity contribution in [1.82, 2.24) is 14.7 Å². The maximum absolute atomic E-state index is 13.8. The fourth-order valence-electron chi connectivity index (χ4n) is 8.18. The van der Waals surface area contributed by atoms with Gasteiger partial charge in [-0.2, -0.15) is 26.3 Å². The molecule has 0 bridgehead atoms. The fraction of sp³-hybridized carbons (Fsp3) is 0.611. The van der Waals surface area contributed by atoms with Crippen molar-refractivity contribution in [3.8, 4) is 0 Å². The number of hydrogen-bond acceptors (Lipinski definition) is 4. The molecule has 2 aromatic carbocycles. The van der Waals surface area contributed by atoms with E-state index in [9.17, 15) is 35.9 Å². The molecule has 4 aliphatic rings. The average molecular weight is 680 g/mol. The molecule has 6 nitrogen and oxygen atoms in total. The summed E-state index contributed by atoms with van der Waals surface area (Å²) >= 11 is 0. The molecule has 4 fully saturated rings. The van der Waals surface area contributed by atoms with Gasteiger partial charge in [-0.3, -0.25) is 9.69 Å². The van der Waals surface area contributed by atoms with Crippen LogP contribution in [0.1, 0.15) is 91.3 Å². The second kappa shape index (κ2) is 13.9. The summed E-state index contributed by atoms with van der Waals surface area (Å²) < 4.78 is 87.7. The summed E-state index contributed by atoms with van der Waals surface area (Å²) in [5, 5.41) is 0. The number of carbonyl (C=O) groups is 2. The van der Waals surface area contributed by atoms with Gasteiger partial charge in [-0.25, -0.2) is 4.79 Å². The lowest BCUT2D eigenvalue weighted by atomic mass is 9.83. The van der Waals surface area contributed by atoms with Gasteiger partial charge in [0.05, 0.1) is 11.1 Å². The molecular weight excluding hydrogens is 636 g/mol. The molecule has 1 unspecified atom stereocenters. The summed E-state index contributed by atoms with van der Waals surface area (Å²) in [5.74, 6) is -0.292. The first-order chi connectivity index (χ1) is 22.8. The predicted octanol–water partition coefficient (Wildman–Crippen LogP) is 8.20. The van der Waals surface area contributed by atoms with Crippen molar-refractivity contribution < 1.29 is 40.7 Å². The summed E-state index contributed by atoms with van der Waals surface area (Å²) in [6.45, 7) is 3.06. The third kappa shape index (κ3) is 7.95. The van der Waals surface area contributed by atoms with E-state index in [1.54, 1.807) is 0 Å². The molecule has 3 aliphatic heterocycles. The molecule has 1 saturated carbocycles. The Kier molecular flexibility index (Phi) is 10.0. The Morgan fingerprint density at radius 2 is 1.44 bits per heavy atom. The van der Waals surface area contributed by atoms with Crippen molar-refractivity contribution in [2.24, 2.45) is 5.92 Å². The van der Waals surface area contributed by atoms with Gasteiger partial charge in [0.15, 0.2) is 0 Å². The van der Waals surface area contributed by atoms with Gasteiger partial charge >= 0.3 is 18.4 Å². The SMILES string of the molecule is O=C1OC2(CCN1CC1CCCCC1)CCN(C1CCN(C(=O)c3cc(C(F)(F)F)cc(C(F)(F)F)c3)[C@H](Cc3ccccc3)C1)CC2. The van der Waals surface area contributed by atoms with Gasteiger partial charge in [0, 0.05) is 69.6 Å². The minimum atomic E-state index is -5.04. The first kappa shape index (κ1) is 34.6. The van der Waals surface area contributed by atoms with Crippen molar-refractivity contribution in [3.05, 3.63) is 70.8 Å². The molecule has 6 rings (SSSR count). The number of hydrogen-bond donors (Lipinski definition) is 0. The predicted molar refractivity (Wildman–Crippen MR) is 167 cm³/mol. The van der Waals surface area contributed by atoms with Gasteiger partial charge in [0.25, 0.3) is 5.91 Å². The van der Waals surface area contributed by atoms with Crippen molar-refractivity contribution in [3.63, 3.8) is 0 Å². The lowest BCUT2D eigenvalue weighted by Crippen LogP contribution is -2.58. The maximum Gasteiger partial charge on any atom is 0.416 e. The fourth-order valence-corrected chi connectivity index (χ4v) is 8.18. The Bertz CT molecular complexity index is 1400. The van der Waals surface area contributed by atoms with Gasteiger partial charge < -0.3 is 14.5 Å². The summed E-state index contributed by atoms with van der Waals surface area (Å²) in [6.07, 6.45) is -0.628. The molecule has 12 heteroatoms. The van der Waals surface area contributed by atoms with Crippen molar-refractivity contribution in [2.45, 2.75) is 101 Å². The van der Waals surface area contributed by atoms with E-state index in [1.807, 2.05) is 35.2 Å². The van der Waals surface area contributed by atoms with Crippen LogP contribution in [-0.2, 0) is 23.5 Å². The van der Waals surface area contributed by atoms with Gasteiger partial charge in [0.2, 0.25) is 0 Å². The number of likely N-dealkylation sites (tertiary alicyclic amines) is 2. The standard InChI is InChI=1S/C36H43F6N3O3/c37-35(38,39)28-20-27(21-29(22-28)36(40,41)42)32(46)45-15-11-30(23-31(45)19-25-7-3-1-4-8-25)43-16-12-34(13-17-43)14-18-44(33(47)48-34)24-26-9-5-2-6-10-26/h1,3-4,7-8,20-22,26,30-31H,2,5-6,9-19,23-24H2/t30?,31-/m1/s1. The van der Waals surface area contributed by atoms with E-state index in [-0.39, 0.29) is 24.7 Å². The van der Waals surface area contributed by atoms with Gasteiger partial charge in [-0.05, 0) is 61.8 Å². The highest BCUT2D eigenvalue weighted by Gasteiger charge is 2.46. The molecule has 0 aromatic heterocycles. The highest BCUT2D eigenvalue weighted by Crippen LogP contribution is 2.39. The highest BCUT2D eigenvalue weighted by atomic mass is 19.4. The number of carbonyl (C=O) groups excluding carboxylic acids is 2. The molecule has 0 radical (unpaired) electrons. The van der Waals surface area contributed by atoms with Crippen LogP contribution in [0, 0.1) is 5.92 Å². The minimum Gasteiger partial charge on any atom is -0.443 e. The van der Waals surface area contributed by atoms with Crippen molar-refractivity contribution in [1.29, 1.82) is 0 Å². The summed E-state index contributed by atoms with van der Waals surface area (Å²) in [4.78, 5) is 32.5. The van der Waals surface area contributed by atoms with Crippen molar-refractivity contribution in [2.75, 3.05) is 32.7 Å². The first-order valence-electron chi connectivity index (χ1n) is 17.2. The molecule has 2 aromatic rings. The summed E-state index contributed by atoms with van der Waals surface area (Å²) in [5.41, 5.74) is -3.19. The Morgan fingerprint density at radius 3 is 2.04 bits per heavy atom. The van der Waals surface area contributed by atoms with E-state index in [0.717, 1.165) is 31.4 Å². The first-order valence-corrected chi connectivity index (χ1v) is 17.2. The van der Waals surface area contributed by atoms with E-state index < -0.39 is 46.6 Å². The zero-order valence-corrected chi connectivity index (χ0v) is 27.0. The average Bonchev–Trinajstić information content (AvgIpc) is 3.06. The van der Waals surface area contributed by atoms with Gasteiger partial charge in [-0.15, -0.1) is 0 Å². The largest absolute Gasteiger partial charge is 0.443 e. The molecule has 3 heterocycles. The lowest BCUT2D eigenvalue weighted by Gasteiger charge is -2.50. The Balaban J connectivity index is 1.14. The number of amides is 2. The molecule has 1 spiro atoms. The second-order valence-corrected chi connectivity index (χ2v) is 14.1. The topological polar surface area (TPSA) is 53.1 Å². The van der Waals surface area contributed by atoms with Crippen LogP contribution in [0.2, 0.25) is 0 Å². The molecule has 2 amide bonds. The van der Waals surface area contributed by atoms with Gasteiger partial charge in [0.1, 0.15) is 5.60 Å². The third-order valence-corrected chi connectivity index (χ3v) is 10.9. The maximum atomic E-state index is 13.8. The van der Waals surface area contributed by atoms with Crippen LogP contribution in [0.25, 0.3) is 0 Å². The van der Waals surface area contributed by atoms with Gasteiger partial charge in [-0.1, -0.05) is 49.6 Å². The number of nitrogens with zero attached hydrogens (tertiary/aromatic N) is 3. The van der Waals surface area contributed by atoms with Crippen LogP contribution >= 0.6 is 0 Å². The Hall–Kier alpha value is -3.28. The van der Waals surface area contributed by atoms with E-state index in [1.165, 1.54) is 24.2 Å². The van der Waals surface area contributed by atoms with Crippen LogP contribution < -0.4 is 0 Å². The second-order valence-electron chi connectivity index (χ2n) is 14.1. The molecule has 2 atom stereocenters. The van der Waals surface area contributed by atoms with Crippen LogP contribution in [-0.4, -0.2) is 77.1 Å². The normalized spacial score (nSPS) is 24.5. The van der Waals surface area contributed by atoms with E-state index >= 15 is 0 Å². The molecular formula is C36H43F6N3O3. The highest BCUT2D eigenvalue weighted by molar-refractivity contribution is 5.95. The zero-order valence-electron chi connectivity index (χ0n) is 27.0. The third-order valence-electron chi connectivity index (χ3n) is 10.9. The lowest BCUT2D eigenvalue weighted by molar-refractivity contribution is -0.143. The molecule has 1 aliphatic carbocycles. The number of halogens is 6. The number of rotatable bonds is 6. The quantitative estimate of drug-likeness (QED) is 0.289. The number of ether oxygens (including phenoxy) is 1. The number of piperidine rings is 2. The molecule has 262 valence electrons. The minimum absolute atomic E-state index is 0.0471. The van der Waals surface area contributed by atoms with Crippen LogP contribution in [0.5, 0.6) is 0 Å². The Morgan fingerprint density at radius 1 is 0.812 bits per heavy atom. The zero-order chi connectivity index (χ0) is 34.1. The summed E-state index contributed by atoms with van der Waals surface area (Å²) in [7, 11) is 0. The number of benzene rings is 2. The van der Waals surface area contributed by atoms with E-state index in [2.05, 4.69) is 4.90 Å². The molecule has 48 heavy (non-hydrogen) atoms. The van der Waals surface area contributed by atoms with Crippen LogP contribution in [0.3, 0.4) is 0 Å².